The number of amides is 2. The Bertz CT molecular complexity index is 1020. The predicted octanol–water partition coefficient (Wildman–Crippen LogP) is 2.88. The second-order valence-electron chi connectivity index (χ2n) is 7.47. The highest BCUT2D eigenvalue weighted by Gasteiger charge is 2.17. The Morgan fingerprint density at radius 3 is 2.87 bits per heavy atom. The lowest BCUT2D eigenvalue weighted by atomic mass is 10.0. The number of aryl methyl sites for hydroxylation is 1. The highest BCUT2D eigenvalue weighted by Crippen LogP contribution is 2.26. The number of hydrogen-bond donors (Lipinski definition) is 2. The van der Waals surface area contributed by atoms with Gasteiger partial charge in [0, 0.05) is 18.5 Å². The third-order valence-electron chi connectivity index (χ3n) is 5.16. The zero-order chi connectivity index (χ0) is 21.5. The highest BCUT2D eigenvalue weighted by molar-refractivity contribution is 5.94. The van der Waals surface area contributed by atoms with E-state index in [1.165, 1.54) is 6.33 Å². The first-order valence-corrected chi connectivity index (χ1v) is 10.4. The maximum absolute atomic E-state index is 12.5. The minimum Gasteiger partial charge on any atom is -0.494 e. The van der Waals surface area contributed by atoms with Crippen molar-refractivity contribution in [1.82, 2.24) is 20.1 Å². The smallest absolute Gasteiger partial charge is 0.224 e. The Balaban J connectivity index is 1.26. The van der Waals surface area contributed by atoms with Crippen molar-refractivity contribution in [2.75, 3.05) is 11.9 Å². The third kappa shape index (κ3) is 5.69. The number of anilines is 1. The zero-order valence-electron chi connectivity index (χ0n) is 17.2. The summed E-state index contributed by atoms with van der Waals surface area (Å²) in [7, 11) is 0. The van der Waals surface area contributed by atoms with Gasteiger partial charge in [-0.15, -0.1) is 0 Å². The maximum atomic E-state index is 12.5. The van der Waals surface area contributed by atoms with Crippen LogP contribution in [0.15, 0.2) is 61.2 Å². The van der Waals surface area contributed by atoms with Gasteiger partial charge >= 0.3 is 0 Å². The van der Waals surface area contributed by atoms with Crippen LogP contribution in [0.5, 0.6) is 5.75 Å². The summed E-state index contributed by atoms with van der Waals surface area (Å²) in [5, 5.41) is 10.1. The molecule has 4 rings (SSSR count). The molecule has 160 valence electrons. The number of benzene rings is 2. The lowest BCUT2D eigenvalue weighted by Gasteiger charge is -2.19. The normalized spacial score (nSPS) is 13.7. The van der Waals surface area contributed by atoms with Crippen LogP contribution in [0, 0.1) is 0 Å². The van der Waals surface area contributed by atoms with Crippen LogP contribution in [0.25, 0.3) is 0 Å². The average Bonchev–Trinajstić information content (AvgIpc) is 3.30. The van der Waals surface area contributed by atoms with E-state index in [2.05, 4.69) is 20.7 Å². The largest absolute Gasteiger partial charge is 0.494 e. The molecule has 2 heterocycles. The van der Waals surface area contributed by atoms with E-state index in [0.717, 1.165) is 22.6 Å². The van der Waals surface area contributed by atoms with Crippen LogP contribution in [0.1, 0.15) is 36.4 Å². The van der Waals surface area contributed by atoms with Gasteiger partial charge in [0.25, 0.3) is 0 Å². The summed E-state index contributed by atoms with van der Waals surface area (Å²) >= 11 is 0. The number of nitrogens with zero attached hydrogens (tertiary/aromatic N) is 3. The van der Waals surface area contributed by atoms with Gasteiger partial charge in [0.15, 0.2) is 0 Å². The first-order chi connectivity index (χ1) is 15.2. The Labute approximate surface area is 180 Å². The molecule has 2 N–H and O–H groups in total. The Kier molecular flexibility index (Phi) is 6.56. The van der Waals surface area contributed by atoms with E-state index in [0.29, 0.717) is 38.8 Å². The first-order valence-electron chi connectivity index (χ1n) is 10.4. The molecule has 2 aromatic carbocycles. The van der Waals surface area contributed by atoms with E-state index < -0.39 is 0 Å². The fraction of sp³-hybridized carbons (Fsp3) is 0.304. The van der Waals surface area contributed by atoms with Crippen LogP contribution in [0.4, 0.5) is 5.69 Å². The SMILES string of the molecule is O=C1CCc2cc(OCCCC(=O)NC(Cn3cncn3)c3ccccc3)ccc2N1. The molecule has 3 aromatic rings. The van der Waals surface area contributed by atoms with Gasteiger partial charge in [-0.2, -0.15) is 5.10 Å². The quantitative estimate of drug-likeness (QED) is 0.520. The van der Waals surface area contributed by atoms with Crippen molar-refractivity contribution in [3.05, 3.63) is 72.3 Å². The van der Waals surface area contributed by atoms with Gasteiger partial charge in [-0.1, -0.05) is 30.3 Å². The summed E-state index contributed by atoms with van der Waals surface area (Å²) < 4.78 is 7.52. The van der Waals surface area contributed by atoms with Crippen LogP contribution in [0.2, 0.25) is 0 Å². The Morgan fingerprint density at radius 1 is 1.19 bits per heavy atom. The summed E-state index contributed by atoms with van der Waals surface area (Å²) in [5.41, 5.74) is 2.94. The van der Waals surface area contributed by atoms with Crippen molar-refractivity contribution in [3.8, 4) is 5.75 Å². The summed E-state index contributed by atoms with van der Waals surface area (Å²) in [5.74, 6) is 0.763. The molecule has 8 heteroatoms. The van der Waals surface area contributed by atoms with Crippen molar-refractivity contribution < 1.29 is 14.3 Å². The lowest BCUT2D eigenvalue weighted by Crippen LogP contribution is -2.31. The molecule has 0 saturated carbocycles. The third-order valence-corrected chi connectivity index (χ3v) is 5.16. The predicted molar refractivity (Wildman–Crippen MR) is 115 cm³/mol. The standard InChI is InChI=1S/C23H25N5O3/c29-22(27-21(14-28-16-24-15-25-28)17-5-2-1-3-6-17)7-4-12-31-19-9-10-20-18(13-19)8-11-23(30)26-20/h1-3,5-6,9-10,13,15-16,21H,4,7-8,11-12,14H2,(H,26,30)(H,27,29). The van der Waals surface area contributed by atoms with E-state index in [1.54, 1.807) is 11.0 Å². The Morgan fingerprint density at radius 2 is 2.06 bits per heavy atom. The molecule has 1 atom stereocenters. The fourth-order valence-electron chi connectivity index (χ4n) is 3.57. The lowest BCUT2D eigenvalue weighted by molar-refractivity contribution is -0.122. The maximum Gasteiger partial charge on any atom is 0.224 e. The first kappa shape index (κ1) is 20.6. The van der Waals surface area contributed by atoms with E-state index in [-0.39, 0.29) is 17.9 Å². The van der Waals surface area contributed by atoms with Crippen LogP contribution >= 0.6 is 0 Å². The van der Waals surface area contributed by atoms with Gasteiger partial charge in [-0.25, -0.2) is 4.98 Å². The molecular formula is C23H25N5O3. The minimum atomic E-state index is -0.188. The topological polar surface area (TPSA) is 98.1 Å². The highest BCUT2D eigenvalue weighted by atomic mass is 16.5. The fourth-order valence-corrected chi connectivity index (χ4v) is 3.57. The van der Waals surface area contributed by atoms with Crippen molar-refractivity contribution in [1.29, 1.82) is 0 Å². The van der Waals surface area contributed by atoms with E-state index in [4.69, 9.17) is 4.74 Å². The molecule has 1 aliphatic heterocycles. The summed E-state index contributed by atoms with van der Waals surface area (Å²) in [4.78, 5) is 28.0. The number of ether oxygens (including phenoxy) is 1. The molecule has 1 aromatic heterocycles. The van der Waals surface area contributed by atoms with Crippen LogP contribution in [-0.4, -0.2) is 33.2 Å². The number of hydrogen-bond acceptors (Lipinski definition) is 5. The molecule has 2 amide bonds. The van der Waals surface area contributed by atoms with Gasteiger partial charge in [0.2, 0.25) is 11.8 Å². The number of carbonyl (C=O) groups is 2. The summed E-state index contributed by atoms with van der Waals surface area (Å²) in [6.45, 7) is 0.954. The van der Waals surface area contributed by atoms with Gasteiger partial charge < -0.3 is 15.4 Å². The van der Waals surface area contributed by atoms with E-state index >= 15 is 0 Å². The molecule has 0 radical (unpaired) electrons. The second-order valence-corrected chi connectivity index (χ2v) is 7.47. The molecule has 0 spiro atoms. The molecule has 0 saturated heterocycles. The van der Waals surface area contributed by atoms with Crippen molar-refractivity contribution >= 4 is 17.5 Å². The average molecular weight is 419 g/mol. The molecule has 8 nitrogen and oxygen atoms in total. The monoisotopic (exact) mass is 419 g/mol. The number of carbonyl (C=O) groups excluding carboxylic acids is 2. The molecule has 0 aliphatic carbocycles. The molecule has 0 bridgehead atoms. The van der Waals surface area contributed by atoms with E-state index in [9.17, 15) is 9.59 Å². The molecular weight excluding hydrogens is 394 g/mol. The number of aromatic nitrogens is 3. The minimum absolute atomic E-state index is 0.0364. The van der Waals surface area contributed by atoms with Crippen molar-refractivity contribution in [3.63, 3.8) is 0 Å². The zero-order valence-corrected chi connectivity index (χ0v) is 17.2. The Hall–Kier alpha value is -3.68. The van der Waals surface area contributed by atoms with Gasteiger partial charge in [0.05, 0.1) is 19.2 Å². The molecule has 31 heavy (non-hydrogen) atoms. The van der Waals surface area contributed by atoms with Gasteiger partial charge in [0.1, 0.15) is 18.4 Å². The number of fused-ring (bicyclic) bond motifs is 1. The summed E-state index contributed by atoms with van der Waals surface area (Å²) in [6.07, 6.45) is 5.29. The molecule has 1 aliphatic rings. The van der Waals surface area contributed by atoms with Gasteiger partial charge in [-0.05, 0) is 42.2 Å². The summed E-state index contributed by atoms with van der Waals surface area (Å²) in [6, 6.07) is 15.3. The second kappa shape index (κ2) is 9.88. The van der Waals surface area contributed by atoms with Crippen LogP contribution in [0.3, 0.4) is 0 Å². The molecule has 1 unspecified atom stereocenters. The number of nitrogens with one attached hydrogen (secondary N) is 2. The van der Waals surface area contributed by atoms with Crippen molar-refractivity contribution in [2.45, 2.75) is 38.3 Å². The van der Waals surface area contributed by atoms with E-state index in [1.807, 2.05) is 48.5 Å². The van der Waals surface area contributed by atoms with Crippen molar-refractivity contribution in [2.24, 2.45) is 0 Å². The van der Waals surface area contributed by atoms with Gasteiger partial charge in [-0.3, -0.25) is 14.3 Å². The number of rotatable bonds is 9. The molecule has 0 fully saturated rings. The van der Waals surface area contributed by atoms with Crippen LogP contribution in [-0.2, 0) is 22.6 Å². The van der Waals surface area contributed by atoms with Crippen LogP contribution < -0.4 is 15.4 Å².